The van der Waals surface area contributed by atoms with E-state index in [1.807, 2.05) is 18.2 Å². The Balaban J connectivity index is 2.57. The minimum Gasteiger partial charge on any atom is -0.508 e. The van der Waals surface area contributed by atoms with E-state index in [0.29, 0.717) is 11.7 Å². The third-order valence-electron chi connectivity index (χ3n) is 3.06. The van der Waals surface area contributed by atoms with Gasteiger partial charge in [0.05, 0.1) is 0 Å². The lowest BCUT2D eigenvalue weighted by molar-refractivity contribution is 0.257. The highest BCUT2D eigenvalue weighted by atomic mass is 16.3. The molecule has 3 N–H and O–H groups in total. The first-order chi connectivity index (χ1) is 8.19. The summed E-state index contributed by atoms with van der Waals surface area (Å²) in [5.41, 5.74) is 0.950. The van der Waals surface area contributed by atoms with Crippen LogP contribution in [0, 0.1) is 5.92 Å². The molecule has 0 aliphatic rings. The average molecular weight is 237 g/mol. The molecule has 2 unspecified atom stereocenters. The van der Waals surface area contributed by atoms with E-state index < -0.39 is 0 Å². The summed E-state index contributed by atoms with van der Waals surface area (Å²) in [5.74, 6) is 0.793. The SMILES string of the molecule is CCC(NCC(C)CCO)c1ccccc1O. The van der Waals surface area contributed by atoms with Gasteiger partial charge in [-0.3, -0.25) is 0 Å². The maximum atomic E-state index is 9.80. The Kier molecular flexibility index (Phi) is 6.01. The number of benzene rings is 1. The number of aliphatic hydroxyl groups excluding tert-OH is 1. The van der Waals surface area contributed by atoms with Gasteiger partial charge in [-0.2, -0.15) is 0 Å². The Bertz CT molecular complexity index is 328. The predicted octanol–water partition coefficient (Wildman–Crippen LogP) is 2.45. The van der Waals surface area contributed by atoms with Crippen molar-refractivity contribution in [3.05, 3.63) is 29.8 Å². The predicted molar refractivity (Wildman–Crippen MR) is 70.0 cm³/mol. The third-order valence-corrected chi connectivity index (χ3v) is 3.06. The van der Waals surface area contributed by atoms with Crippen LogP contribution in [0.4, 0.5) is 0 Å². The van der Waals surface area contributed by atoms with Crippen LogP contribution in [0.15, 0.2) is 24.3 Å². The monoisotopic (exact) mass is 237 g/mol. The molecule has 96 valence electrons. The molecule has 0 saturated heterocycles. The fourth-order valence-corrected chi connectivity index (χ4v) is 1.92. The van der Waals surface area contributed by atoms with Gasteiger partial charge in [-0.15, -0.1) is 0 Å². The Morgan fingerprint density at radius 2 is 2.00 bits per heavy atom. The molecule has 0 spiro atoms. The fourth-order valence-electron chi connectivity index (χ4n) is 1.92. The molecule has 0 aromatic heterocycles. The molecule has 3 heteroatoms. The lowest BCUT2D eigenvalue weighted by atomic mass is 10.0. The van der Waals surface area contributed by atoms with Crippen LogP contribution in [-0.4, -0.2) is 23.4 Å². The van der Waals surface area contributed by atoms with Crippen LogP contribution in [0.2, 0.25) is 0 Å². The Labute approximate surface area is 103 Å². The highest BCUT2D eigenvalue weighted by Gasteiger charge is 2.13. The summed E-state index contributed by atoms with van der Waals surface area (Å²) in [4.78, 5) is 0. The minimum absolute atomic E-state index is 0.178. The quantitative estimate of drug-likeness (QED) is 0.683. The number of para-hydroxylation sites is 1. The van der Waals surface area contributed by atoms with Crippen LogP contribution in [0.5, 0.6) is 5.75 Å². The van der Waals surface area contributed by atoms with E-state index >= 15 is 0 Å². The number of aromatic hydroxyl groups is 1. The lowest BCUT2D eigenvalue weighted by Gasteiger charge is -2.20. The van der Waals surface area contributed by atoms with E-state index in [-0.39, 0.29) is 12.6 Å². The van der Waals surface area contributed by atoms with E-state index in [2.05, 4.69) is 19.2 Å². The van der Waals surface area contributed by atoms with Crippen LogP contribution in [-0.2, 0) is 0 Å². The van der Waals surface area contributed by atoms with E-state index in [1.165, 1.54) is 0 Å². The first-order valence-corrected chi connectivity index (χ1v) is 6.31. The molecule has 1 aromatic rings. The first-order valence-electron chi connectivity index (χ1n) is 6.31. The molecular formula is C14H23NO2. The lowest BCUT2D eigenvalue weighted by Crippen LogP contribution is -2.26. The van der Waals surface area contributed by atoms with Crippen molar-refractivity contribution in [3.8, 4) is 5.75 Å². The molecule has 2 atom stereocenters. The van der Waals surface area contributed by atoms with Gasteiger partial charge in [-0.05, 0) is 31.4 Å². The van der Waals surface area contributed by atoms with E-state index in [0.717, 1.165) is 24.9 Å². The molecule has 0 bridgehead atoms. The summed E-state index contributed by atoms with van der Waals surface area (Å²) in [5, 5.41) is 22.1. The van der Waals surface area contributed by atoms with Crippen LogP contribution in [0.25, 0.3) is 0 Å². The normalized spacial score (nSPS) is 14.5. The van der Waals surface area contributed by atoms with E-state index in [1.54, 1.807) is 6.07 Å². The minimum atomic E-state index is 0.178. The van der Waals surface area contributed by atoms with Gasteiger partial charge in [0.1, 0.15) is 5.75 Å². The largest absolute Gasteiger partial charge is 0.508 e. The fraction of sp³-hybridized carbons (Fsp3) is 0.571. The van der Waals surface area contributed by atoms with Gasteiger partial charge < -0.3 is 15.5 Å². The number of nitrogens with one attached hydrogen (secondary N) is 1. The van der Waals surface area contributed by atoms with Crippen molar-refractivity contribution in [2.45, 2.75) is 32.7 Å². The topological polar surface area (TPSA) is 52.5 Å². The molecule has 0 saturated carbocycles. The number of rotatable bonds is 7. The van der Waals surface area contributed by atoms with Gasteiger partial charge >= 0.3 is 0 Å². The number of phenolic OH excluding ortho intramolecular Hbond substituents is 1. The van der Waals surface area contributed by atoms with E-state index in [4.69, 9.17) is 5.11 Å². The smallest absolute Gasteiger partial charge is 0.120 e. The highest BCUT2D eigenvalue weighted by molar-refractivity contribution is 5.34. The summed E-state index contributed by atoms with van der Waals surface area (Å²) in [6.45, 7) is 5.30. The summed E-state index contributed by atoms with van der Waals surface area (Å²) in [7, 11) is 0. The molecule has 0 radical (unpaired) electrons. The second kappa shape index (κ2) is 7.30. The van der Waals surface area contributed by atoms with Crippen molar-refractivity contribution in [1.29, 1.82) is 0 Å². The molecule has 1 rings (SSSR count). The molecule has 0 aliphatic heterocycles. The zero-order valence-electron chi connectivity index (χ0n) is 10.7. The maximum absolute atomic E-state index is 9.80. The van der Waals surface area contributed by atoms with Crippen LogP contribution in [0.1, 0.15) is 38.3 Å². The van der Waals surface area contributed by atoms with Gasteiger partial charge in [0.2, 0.25) is 0 Å². The molecule has 1 aromatic carbocycles. The van der Waals surface area contributed by atoms with Crippen LogP contribution >= 0.6 is 0 Å². The number of aliphatic hydroxyl groups is 1. The number of hydrogen-bond acceptors (Lipinski definition) is 3. The van der Waals surface area contributed by atoms with E-state index in [9.17, 15) is 5.11 Å². The van der Waals surface area contributed by atoms with Gasteiger partial charge in [-0.1, -0.05) is 32.0 Å². The summed E-state index contributed by atoms with van der Waals surface area (Å²) in [6, 6.07) is 7.62. The number of hydrogen-bond donors (Lipinski definition) is 3. The van der Waals surface area contributed by atoms with Crippen molar-refractivity contribution in [3.63, 3.8) is 0 Å². The summed E-state index contributed by atoms with van der Waals surface area (Å²) < 4.78 is 0. The molecule has 3 nitrogen and oxygen atoms in total. The summed E-state index contributed by atoms with van der Waals surface area (Å²) >= 11 is 0. The molecule has 0 heterocycles. The zero-order chi connectivity index (χ0) is 12.7. The molecule has 0 fully saturated rings. The highest BCUT2D eigenvalue weighted by Crippen LogP contribution is 2.25. The second-order valence-corrected chi connectivity index (χ2v) is 4.55. The Morgan fingerprint density at radius 1 is 1.29 bits per heavy atom. The van der Waals surface area contributed by atoms with Crippen molar-refractivity contribution in [1.82, 2.24) is 5.32 Å². The Hall–Kier alpha value is -1.06. The maximum Gasteiger partial charge on any atom is 0.120 e. The first kappa shape index (κ1) is 14.0. The van der Waals surface area contributed by atoms with Crippen molar-refractivity contribution >= 4 is 0 Å². The second-order valence-electron chi connectivity index (χ2n) is 4.55. The molecule has 0 aliphatic carbocycles. The van der Waals surface area contributed by atoms with Crippen molar-refractivity contribution in [2.24, 2.45) is 5.92 Å². The van der Waals surface area contributed by atoms with Crippen LogP contribution < -0.4 is 5.32 Å². The van der Waals surface area contributed by atoms with Gasteiger partial charge in [0.25, 0.3) is 0 Å². The number of phenols is 1. The van der Waals surface area contributed by atoms with Gasteiger partial charge in [-0.25, -0.2) is 0 Å². The van der Waals surface area contributed by atoms with Crippen LogP contribution in [0.3, 0.4) is 0 Å². The summed E-state index contributed by atoms with van der Waals surface area (Å²) in [6.07, 6.45) is 1.74. The third kappa shape index (κ3) is 4.36. The standard InChI is InChI=1S/C14H23NO2/c1-3-13(15-10-11(2)8-9-16)12-6-4-5-7-14(12)17/h4-7,11,13,15-17H,3,8-10H2,1-2H3. The molecule has 17 heavy (non-hydrogen) atoms. The average Bonchev–Trinajstić information content (AvgIpc) is 2.32. The van der Waals surface area contributed by atoms with Gasteiger partial charge in [0.15, 0.2) is 0 Å². The Morgan fingerprint density at radius 3 is 2.59 bits per heavy atom. The van der Waals surface area contributed by atoms with Gasteiger partial charge in [0, 0.05) is 18.2 Å². The van der Waals surface area contributed by atoms with Crippen molar-refractivity contribution in [2.75, 3.05) is 13.2 Å². The van der Waals surface area contributed by atoms with Crippen molar-refractivity contribution < 1.29 is 10.2 Å². The molecule has 0 amide bonds. The molecular weight excluding hydrogens is 214 g/mol. The zero-order valence-corrected chi connectivity index (χ0v) is 10.7.